The van der Waals surface area contributed by atoms with E-state index in [1.165, 1.54) is 12.1 Å². The molecule has 0 aliphatic rings. The summed E-state index contributed by atoms with van der Waals surface area (Å²) in [6.45, 7) is 3.55. The van der Waals surface area contributed by atoms with Crippen molar-refractivity contribution in [1.29, 1.82) is 5.26 Å². The number of rotatable bonds is 2. The van der Waals surface area contributed by atoms with Crippen LogP contribution in [-0.2, 0) is 4.74 Å². The highest BCUT2D eigenvalue weighted by atomic mass is 16.5. The first kappa shape index (κ1) is 11.1. The van der Waals surface area contributed by atoms with Crippen LogP contribution in [0.4, 0.5) is 0 Å². The lowest BCUT2D eigenvalue weighted by molar-refractivity contribution is 0.0525. The molecule has 0 aromatic heterocycles. The van der Waals surface area contributed by atoms with Gasteiger partial charge in [0.05, 0.1) is 17.7 Å². The number of ether oxygens (including phenoxy) is 1. The van der Waals surface area contributed by atoms with Crippen molar-refractivity contribution in [3.63, 3.8) is 0 Å². The minimum Gasteiger partial charge on any atom is -0.506 e. The monoisotopic (exact) mass is 205 g/mol. The quantitative estimate of drug-likeness (QED) is 0.746. The van der Waals surface area contributed by atoms with Gasteiger partial charge in [-0.3, -0.25) is 0 Å². The van der Waals surface area contributed by atoms with E-state index in [1.54, 1.807) is 13.8 Å². The summed E-state index contributed by atoms with van der Waals surface area (Å²) in [5.41, 5.74) is 0.807. The van der Waals surface area contributed by atoms with Crippen molar-refractivity contribution in [2.45, 2.75) is 13.8 Å². The molecule has 4 heteroatoms. The molecule has 0 atom stereocenters. The zero-order chi connectivity index (χ0) is 11.4. The van der Waals surface area contributed by atoms with Crippen LogP contribution in [0.2, 0.25) is 0 Å². The van der Waals surface area contributed by atoms with E-state index in [-0.39, 0.29) is 23.5 Å². The molecule has 4 nitrogen and oxygen atoms in total. The van der Waals surface area contributed by atoms with Gasteiger partial charge in [0.25, 0.3) is 0 Å². The van der Waals surface area contributed by atoms with Crippen LogP contribution in [0.3, 0.4) is 0 Å². The summed E-state index contributed by atoms with van der Waals surface area (Å²) < 4.78 is 4.80. The number of nitriles is 1. The second-order valence-corrected chi connectivity index (χ2v) is 2.97. The van der Waals surface area contributed by atoms with E-state index in [4.69, 9.17) is 10.00 Å². The highest BCUT2D eigenvalue weighted by molar-refractivity contribution is 5.92. The largest absolute Gasteiger partial charge is 0.506 e. The average Bonchev–Trinajstić information content (AvgIpc) is 2.22. The minimum atomic E-state index is -0.491. The molecule has 0 saturated carbocycles. The van der Waals surface area contributed by atoms with Crippen molar-refractivity contribution in [2.75, 3.05) is 6.61 Å². The highest BCUT2D eigenvalue weighted by Gasteiger charge is 2.15. The minimum absolute atomic E-state index is 0.153. The zero-order valence-electron chi connectivity index (χ0n) is 8.57. The summed E-state index contributed by atoms with van der Waals surface area (Å²) in [4.78, 5) is 11.4. The number of hydrogen-bond donors (Lipinski definition) is 1. The number of benzene rings is 1. The molecular formula is C11H11NO3. The molecule has 0 saturated heterocycles. The third-order valence-corrected chi connectivity index (χ3v) is 2.05. The van der Waals surface area contributed by atoms with Crippen LogP contribution in [0.1, 0.15) is 28.4 Å². The summed E-state index contributed by atoms with van der Waals surface area (Å²) in [6, 6.07) is 4.71. The Kier molecular flexibility index (Phi) is 3.29. The molecular weight excluding hydrogens is 194 g/mol. The molecule has 1 rings (SSSR count). The Bertz CT molecular complexity index is 432. The van der Waals surface area contributed by atoms with Gasteiger partial charge < -0.3 is 9.84 Å². The fraction of sp³-hybridized carbons (Fsp3) is 0.273. The summed E-state index contributed by atoms with van der Waals surface area (Å²) in [6.07, 6.45) is 0. The van der Waals surface area contributed by atoms with Crippen molar-refractivity contribution >= 4 is 5.97 Å². The maximum absolute atomic E-state index is 11.4. The Labute approximate surface area is 87.7 Å². The number of aromatic hydroxyl groups is 1. The Morgan fingerprint density at radius 1 is 1.60 bits per heavy atom. The number of carbonyl (C=O) groups is 1. The first-order chi connectivity index (χ1) is 7.11. The van der Waals surface area contributed by atoms with E-state index in [0.717, 1.165) is 0 Å². The molecule has 0 amide bonds. The second kappa shape index (κ2) is 4.47. The third-order valence-electron chi connectivity index (χ3n) is 2.05. The summed E-state index contributed by atoms with van der Waals surface area (Å²) in [7, 11) is 0. The molecule has 0 bridgehead atoms. The summed E-state index contributed by atoms with van der Waals surface area (Å²) in [5, 5.41) is 18.2. The lowest BCUT2D eigenvalue weighted by Crippen LogP contribution is -2.07. The van der Waals surface area contributed by atoms with Crippen LogP contribution in [0, 0.1) is 18.3 Å². The highest BCUT2D eigenvalue weighted by Crippen LogP contribution is 2.24. The van der Waals surface area contributed by atoms with Gasteiger partial charge in [-0.2, -0.15) is 5.26 Å². The Hall–Kier alpha value is -2.02. The van der Waals surface area contributed by atoms with E-state index in [9.17, 15) is 9.90 Å². The molecule has 0 aliphatic carbocycles. The fourth-order valence-electron chi connectivity index (χ4n) is 1.22. The van der Waals surface area contributed by atoms with Crippen LogP contribution < -0.4 is 0 Å². The lowest BCUT2D eigenvalue weighted by atomic mass is 10.0. The van der Waals surface area contributed by atoms with E-state index < -0.39 is 5.97 Å². The molecule has 0 radical (unpaired) electrons. The van der Waals surface area contributed by atoms with E-state index in [1.807, 2.05) is 6.07 Å². The number of hydrogen-bond acceptors (Lipinski definition) is 4. The fourth-order valence-corrected chi connectivity index (χ4v) is 1.22. The number of phenols is 1. The van der Waals surface area contributed by atoms with Crippen LogP contribution in [0.15, 0.2) is 12.1 Å². The molecule has 0 aliphatic heterocycles. The van der Waals surface area contributed by atoms with Gasteiger partial charge in [0.15, 0.2) is 0 Å². The Morgan fingerprint density at radius 3 is 2.80 bits per heavy atom. The van der Waals surface area contributed by atoms with E-state index in [0.29, 0.717) is 5.56 Å². The first-order valence-corrected chi connectivity index (χ1v) is 4.51. The predicted octanol–water partition coefficient (Wildman–Crippen LogP) is 1.75. The molecule has 1 aromatic rings. The van der Waals surface area contributed by atoms with Crippen molar-refractivity contribution in [1.82, 2.24) is 0 Å². The first-order valence-electron chi connectivity index (χ1n) is 4.51. The molecule has 1 N–H and O–H groups in total. The molecule has 0 spiro atoms. The van der Waals surface area contributed by atoms with Crippen molar-refractivity contribution in [2.24, 2.45) is 0 Å². The van der Waals surface area contributed by atoms with Gasteiger partial charge >= 0.3 is 5.97 Å². The molecule has 1 aromatic carbocycles. The number of carbonyl (C=O) groups excluding carboxylic acids is 1. The number of nitrogens with zero attached hydrogens (tertiary/aromatic N) is 1. The number of phenolic OH excluding ortho intramolecular Hbond substituents is 1. The number of esters is 1. The van der Waals surface area contributed by atoms with Crippen LogP contribution >= 0.6 is 0 Å². The van der Waals surface area contributed by atoms with E-state index >= 15 is 0 Å². The summed E-state index contributed by atoms with van der Waals surface area (Å²) in [5.74, 6) is -0.655. The van der Waals surface area contributed by atoms with Crippen LogP contribution in [-0.4, -0.2) is 17.7 Å². The van der Waals surface area contributed by atoms with Crippen molar-refractivity contribution in [3.05, 3.63) is 28.8 Å². The van der Waals surface area contributed by atoms with Gasteiger partial charge in [-0.15, -0.1) is 0 Å². The van der Waals surface area contributed by atoms with Gasteiger partial charge in [-0.1, -0.05) is 0 Å². The van der Waals surface area contributed by atoms with Crippen molar-refractivity contribution < 1.29 is 14.6 Å². The molecule has 0 fully saturated rings. The maximum Gasteiger partial charge on any atom is 0.338 e. The molecule has 78 valence electrons. The lowest BCUT2D eigenvalue weighted by Gasteiger charge is -2.07. The van der Waals surface area contributed by atoms with Gasteiger partial charge in [0.2, 0.25) is 0 Å². The summed E-state index contributed by atoms with van der Waals surface area (Å²) >= 11 is 0. The Balaban J connectivity index is 3.19. The average molecular weight is 205 g/mol. The van der Waals surface area contributed by atoms with Gasteiger partial charge in [0.1, 0.15) is 11.8 Å². The standard InChI is InChI=1S/C11H11NO3/c1-3-15-11(14)9-5-4-8(6-12)10(13)7(9)2/h4-5,13H,3H2,1-2H3. The normalized spacial score (nSPS) is 9.40. The van der Waals surface area contributed by atoms with Gasteiger partial charge in [-0.25, -0.2) is 4.79 Å². The Morgan fingerprint density at radius 2 is 2.27 bits per heavy atom. The SMILES string of the molecule is CCOC(=O)c1ccc(C#N)c(O)c1C. The van der Waals surface area contributed by atoms with Crippen LogP contribution in [0.25, 0.3) is 0 Å². The maximum atomic E-state index is 11.4. The topological polar surface area (TPSA) is 70.3 Å². The molecule has 0 unspecified atom stereocenters. The third kappa shape index (κ3) is 2.08. The van der Waals surface area contributed by atoms with Gasteiger partial charge in [0, 0.05) is 5.56 Å². The second-order valence-electron chi connectivity index (χ2n) is 2.97. The van der Waals surface area contributed by atoms with Gasteiger partial charge in [-0.05, 0) is 26.0 Å². The van der Waals surface area contributed by atoms with Crippen molar-refractivity contribution in [3.8, 4) is 11.8 Å². The smallest absolute Gasteiger partial charge is 0.338 e. The zero-order valence-corrected chi connectivity index (χ0v) is 8.57. The molecule has 15 heavy (non-hydrogen) atoms. The van der Waals surface area contributed by atoms with Crippen LogP contribution in [0.5, 0.6) is 5.75 Å². The molecule has 0 heterocycles. The predicted molar refractivity (Wildman–Crippen MR) is 53.5 cm³/mol. The van der Waals surface area contributed by atoms with E-state index in [2.05, 4.69) is 0 Å².